The third-order valence-electron chi connectivity index (χ3n) is 4.49. The van der Waals surface area contributed by atoms with Gasteiger partial charge in [-0.05, 0) is 12.8 Å². The molecule has 1 rings (SSSR count). The van der Waals surface area contributed by atoms with E-state index in [1.165, 1.54) is 19.4 Å². The summed E-state index contributed by atoms with van der Waals surface area (Å²) in [6.07, 6.45) is 1.48. The van der Waals surface area contributed by atoms with Crippen LogP contribution in [-0.2, 0) is 25.6 Å². The van der Waals surface area contributed by atoms with Crippen molar-refractivity contribution in [3.05, 3.63) is 18.2 Å². The van der Waals surface area contributed by atoms with Gasteiger partial charge in [-0.1, -0.05) is 13.8 Å². The number of hydrogen-bond acceptors (Lipinski definition) is 8. The largest absolute Gasteiger partial charge is 0.480 e. The number of amides is 3. The number of hydrogen-bond donors (Lipinski definition) is 8. The molecule has 0 bridgehead atoms. The van der Waals surface area contributed by atoms with Crippen LogP contribution in [0.1, 0.15) is 26.5 Å². The molecule has 5 atom stereocenters. The van der Waals surface area contributed by atoms with Gasteiger partial charge in [-0.2, -0.15) is 12.6 Å². The van der Waals surface area contributed by atoms with Crippen molar-refractivity contribution in [2.45, 2.75) is 57.5 Å². The molecule has 1 heterocycles. The Morgan fingerprint density at radius 3 is 2.16 bits per heavy atom. The molecule has 1 aromatic rings. The van der Waals surface area contributed by atoms with Crippen molar-refractivity contribution in [3.63, 3.8) is 0 Å². The lowest BCUT2D eigenvalue weighted by atomic mass is 10.0. The zero-order valence-electron chi connectivity index (χ0n) is 17.5. The minimum Gasteiger partial charge on any atom is -0.480 e. The second kappa shape index (κ2) is 12.3. The van der Waals surface area contributed by atoms with E-state index in [2.05, 4.69) is 38.5 Å². The van der Waals surface area contributed by atoms with Gasteiger partial charge in [0.1, 0.15) is 18.1 Å². The van der Waals surface area contributed by atoms with Gasteiger partial charge in [-0.3, -0.25) is 14.4 Å². The number of carbonyl (C=O) groups is 4. The van der Waals surface area contributed by atoms with Crippen LogP contribution in [0.2, 0.25) is 0 Å². The number of thiol groups is 1. The van der Waals surface area contributed by atoms with Crippen molar-refractivity contribution in [1.29, 1.82) is 0 Å². The average Bonchev–Trinajstić information content (AvgIpc) is 3.21. The Hall–Kier alpha value is -2.64. The summed E-state index contributed by atoms with van der Waals surface area (Å²) in [4.78, 5) is 55.3. The zero-order chi connectivity index (χ0) is 23.7. The summed E-state index contributed by atoms with van der Waals surface area (Å²) in [5.74, 6) is -3.88. The number of aliphatic hydroxyl groups is 1. The van der Waals surface area contributed by atoms with E-state index in [1.807, 2.05) is 0 Å². The monoisotopic (exact) mass is 458 g/mol. The second-order valence-electron chi connectivity index (χ2n) is 7.42. The molecule has 12 nitrogen and oxygen atoms in total. The van der Waals surface area contributed by atoms with E-state index in [1.54, 1.807) is 13.8 Å². The van der Waals surface area contributed by atoms with Crippen molar-refractivity contribution in [3.8, 4) is 0 Å². The van der Waals surface area contributed by atoms with Gasteiger partial charge in [-0.25, -0.2) is 9.78 Å². The van der Waals surface area contributed by atoms with Gasteiger partial charge < -0.3 is 36.9 Å². The Balaban J connectivity index is 2.82. The maximum atomic E-state index is 12.6. The fraction of sp³-hybridized carbons (Fsp3) is 0.611. The molecule has 0 saturated heterocycles. The first-order valence-electron chi connectivity index (χ1n) is 9.63. The number of aliphatic carboxylic acids is 1. The van der Waals surface area contributed by atoms with Crippen LogP contribution in [-0.4, -0.2) is 79.9 Å². The molecule has 13 heteroatoms. The second-order valence-corrected chi connectivity index (χ2v) is 7.79. The highest BCUT2D eigenvalue weighted by Gasteiger charge is 2.32. The molecule has 0 aliphatic rings. The number of nitrogens with two attached hydrogens (primary N) is 1. The standard InChI is InChI=1S/C18H30N6O6S/c1-8(2)13(19)16(27)24-14(9(3)25)17(28)23-12(6-31)15(26)22-11(18(29)30)4-10-5-20-7-21-10/h5,7-9,11-14,25,31H,4,6,19H2,1-3H3,(H,20,21)(H,22,26)(H,23,28)(H,24,27)(H,29,30). The third kappa shape index (κ3) is 8.19. The van der Waals surface area contributed by atoms with Crippen molar-refractivity contribution < 1.29 is 29.4 Å². The van der Waals surface area contributed by atoms with Crippen LogP contribution in [0.5, 0.6) is 0 Å². The number of aromatic amines is 1. The first kappa shape index (κ1) is 26.4. The molecule has 8 N–H and O–H groups in total. The summed E-state index contributed by atoms with van der Waals surface area (Å²) in [7, 11) is 0. The lowest BCUT2D eigenvalue weighted by molar-refractivity contribution is -0.142. The topological polar surface area (TPSA) is 200 Å². The molecule has 0 aromatic carbocycles. The molecule has 0 saturated carbocycles. The Morgan fingerprint density at radius 2 is 1.71 bits per heavy atom. The number of carboxylic acid groups (broad SMARTS) is 1. The fourth-order valence-electron chi connectivity index (χ4n) is 2.50. The van der Waals surface area contributed by atoms with E-state index in [4.69, 9.17) is 5.73 Å². The third-order valence-corrected chi connectivity index (χ3v) is 4.86. The van der Waals surface area contributed by atoms with Gasteiger partial charge in [0.15, 0.2) is 0 Å². The Morgan fingerprint density at radius 1 is 1.10 bits per heavy atom. The number of rotatable bonds is 12. The molecular weight excluding hydrogens is 428 g/mol. The molecule has 0 fully saturated rings. The first-order valence-corrected chi connectivity index (χ1v) is 10.3. The van der Waals surface area contributed by atoms with E-state index < -0.39 is 54.0 Å². The van der Waals surface area contributed by atoms with Gasteiger partial charge in [0, 0.05) is 24.1 Å². The lowest BCUT2D eigenvalue weighted by Crippen LogP contribution is -2.60. The lowest BCUT2D eigenvalue weighted by Gasteiger charge is -2.26. The molecule has 0 aliphatic heterocycles. The fourth-order valence-corrected chi connectivity index (χ4v) is 2.76. The smallest absolute Gasteiger partial charge is 0.326 e. The van der Waals surface area contributed by atoms with Gasteiger partial charge in [0.05, 0.1) is 18.5 Å². The number of aromatic nitrogens is 2. The number of nitrogens with zero attached hydrogens (tertiary/aromatic N) is 1. The Kier molecular flexibility index (Phi) is 10.4. The number of carboxylic acids is 1. The van der Waals surface area contributed by atoms with Crippen LogP contribution in [0, 0.1) is 5.92 Å². The minimum atomic E-state index is -1.37. The summed E-state index contributed by atoms with van der Waals surface area (Å²) in [6.45, 7) is 4.75. The van der Waals surface area contributed by atoms with Gasteiger partial charge in [0.25, 0.3) is 0 Å². The van der Waals surface area contributed by atoms with E-state index in [0.29, 0.717) is 5.69 Å². The van der Waals surface area contributed by atoms with Crippen LogP contribution in [0.4, 0.5) is 0 Å². The van der Waals surface area contributed by atoms with Crippen molar-refractivity contribution in [2.75, 3.05) is 5.75 Å². The van der Waals surface area contributed by atoms with Gasteiger partial charge >= 0.3 is 5.97 Å². The summed E-state index contributed by atoms with van der Waals surface area (Å²) < 4.78 is 0. The highest BCUT2D eigenvalue weighted by Crippen LogP contribution is 2.03. The summed E-state index contributed by atoms with van der Waals surface area (Å²) in [5.41, 5.74) is 6.26. The highest BCUT2D eigenvalue weighted by molar-refractivity contribution is 7.80. The quantitative estimate of drug-likeness (QED) is 0.161. The molecule has 0 aliphatic carbocycles. The van der Waals surface area contributed by atoms with E-state index in [9.17, 15) is 29.4 Å². The summed E-state index contributed by atoms with van der Waals surface area (Å²) >= 11 is 4.03. The maximum absolute atomic E-state index is 12.6. The van der Waals surface area contributed by atoms with Crippen LogP contribution in [0.15, 0.2) is 12.5 Å². The van der Waals surface area contributed by atoms with Crippen LogP contribution < -0.4 is 21.7 Å². The zero-order valence-corrected chi connectivity index (χ0v) is 18.4. The molecule has 3 amide bonds. The van der Waals surface area contributed by atoms with Gasteiger partial charge in [0.2, 0.25) is 17.7 Å². The molecule has 5 unspecified atom stereocenters. The van der Waals surface area contributed by atoms with Crippen LogP contribution >= 0.6 is 12.6 Å². The normalized spacial score (nSPS) is 16.0. The van der Waals surface area contributed by atoms with E-state index in [-0.39, 0.29) is 18.1 Å². The number of nitrogens with one attached hydrogen (secondary N) is 4. The molecule has 0 radical (unpaired) electrons. The van der Waals surface area contributed by atoms with Crippen molar-refractivity contribution in [1.82, 2.24) is 25.9 Å². The SMILES string of the molecule is CC(C)C(N)C(=O)NC(C(=O)NC(CS)C(=O)NC(Cc1cnc[nH]1)C(=O)O)C(C)O. The predicted molar refractivity (Wildman–Crippen MR) is 114 cm³/mol. The number of carbonyl (C=O) groups excluding carboxylic acids is 3. The summed E-state index contributed by atoms with van der Waals surface area (Å²) in [5, 5.41) is 26.3. The van der Waals surface area contributed by atoms with Crippen molar-refractivity contribution >= 4 is 36.3 Å². The molecular formula is C18H30N6O6S. The van der Waals surface area contributed by atoms with Crippen LogP contribution in [0.3, 0.4) is 0 Å². The molecule has 174 valence electrons. The van der Waals surface area contributed by atoms with E-state index in [0.717, 1.165) is 0 Å². The first-order chi connectivity index (χ1) is 14.5. The average molecular weight is 459 g/mol. The molecule has 1 aromatic heterocycles. The van der Waals surface area contributed by atoms with Crippen LogP contribution in [0.25, 0.3) is 0 Å². The minimum absolute atomic E-state index is 0.0479. The number of aliphatic hydroxyl groups excluding tert-OH is 1. The molecule has 0 spiro atoms. The van der Waals surface area contributed by atoms with E-state index >= 15 is 0 Å². The highest BCUT2D eigenvalue weighted by atomic mass is 32.1. The summed E-state index contributed by atoms with van der Waals surface area (Å²) in [6, 6.07) is -4.75. The number of H-pyrrole nitrogens is 1. The predicted octanol–water partition coefficient (Wildman–Crippen LogP) is -2.21. The Bertz CT molecular complexity index is 757. The maximum Gasteiger partial charge on any atom is 0.326 e. The van der Waals surface area contributed by atoms with Gasteiger partial charge in [-0.15, -0.1) is 0 Å². The number of imidazole rings is 1. The Labute approximate surface area is 185 Å². The molecule has 31 heavy (non-hydrogen) atoms. The van der Waals surface area contributed by atoms with Crippen molar-refractivity contribution in [2.24, 2.45) is 11.7 Å².